The minimum absolute atomic E-state index is 0.00450. The summed E-state index contributed by atoms with van der Waals surface area (Å²) in [4.78, 5) is 28.3. The van der Waals surface area contributed by atoms with Gasteiger partial charge >= 0.3 is 0 Å². The average molecular weight is 398 g/mol. The van der Waals surface area contributed by atoms with Crippen LogP contribution in [0, 0.1) is 11.8 Å². The Balaban J connectivity index is 1.58. The Morgan fingerprint density at radius 3 is 2.31 bits per heavy atom. The van der Waals surface area contributed by atoms with Crippen LogP contribution >= 0.6 is 23.2 Å². The van der Waals surface area contributed by atoms with Gasteiger partial charge in [-0.3, -0.25) is 14.5 Å². The lowest BCUT2D eigenvalue weighted by Crippen LogP contribution is -2.48. The topological polar surface area (TPSA) is 66.6 Å². The molecule has 2 aliphatic rings. The molecule has 3 rings (SSSR count). The Bertz CT molecular complexity index is 654. The molecule has 26 heavy (non-hydrogen) atoms. The van der Waals surface area contributed by atoms with E-state index in [4.69, 9.17) is 28.9 Å². The highest BCUT2D eigenvalue weighted by Gasteiger charge is 2.32. The predicted molar refractivity (Wildman–Crippen MR) is 103 cm³/mol. The fourth-order valence-electron chi connectivity index (χ4n) is 3.95. The van der Waals surface area contributed by atoms with Crippen LogP contribution in [0.25, 0.3) is 0 Å². The summed E-state index contributed by atoms with van der Waals surface area (Å²) < 4.78 is 0. The molecule has 7 heteroatoms. The van der Waals surface area contributed by atoms with E-state index >= 15 is 0 Å². The maximum absolute atomic E-state index is 12.9. The summed E-state index contributed by atoms with van der Waals surface area (Å²) in [7, 11) is 0. The Labute approximate surface area is 164 Å². The molecule has 2 heterocycles. The van der Waals surface area contributed by atoms with Crippen LogP contribution in [-0.4, -0.2) is 47.8 Å². The molecule has 0 spiro atoms. The number of amides is 2. The number of halogens is 2. The van der Waals surface area contributed by atoms with Gasteiger partial charge in [-0.2, -0.15) is 0 Å². The monoisotopic (exact) mass is 397 g/mol. The van der Waals surface area contributed by atoms with Crippen molar-refractivity contribution in [3.05, 3.63) is 33.8 Å². The van der Waals surface area contributed by atoms with Crippen LogP contribution in [-0.2, 0) is 16.1 Å². The van der Waals surface area contributed by atoms with Crippen molar-refractivity contribution in [2.45, 2.75) is 32.2 Å². The minimum Gasteiger partial charge on any atom is -0.369 e. The van der Waals surface area contributed by atoms with Gasteiger partial charge in [0.1, 0.15) is 0 Å². The van der Waals surface area contributed by atoms with Gasteiger partial charge < -0.3 is 10.6 Å². The van der Waals surface area contributed by atoms with E-state index in [-0.39, 0.29) is 23.7 Å². The lowest BCUT2D eigenvalue weighted by atomic mass is 9.92. The highest BCUT2D eigenvalue weighted by molar-refractivity contribution is 6.35. The number of piperidine rings is 2. The first kappa shape index (κ1) is 19.5. The summed E-state index contributed by atoms with van der Waals surface area (Å²) in [5, 5.41) is 1.33. The Hall–Kier alpha value is -1.30. The number of nitrogens with two attached hydrogens (primary N) is 1. The first-order valence-electron chi connectivity index (χ1n) is 9.19. The van der Waals surface area contributed by atoms with E-state index in [1.807, 2.05) is 23.1 Å². The van der Waals surface area contributed by atoms with Gasteiger partial charge in [-0.25, -0.2) is 0 Å². The number of hydrogen-bond donors (Lipinski definition) is 1. The lowest BCUT2D eigenvalue weighted by Gasteiger charge is -2.37. The third-order valence-electron chi connectivity index (χ3n) is 5.51. The fraction of sp³-hybridized carbons (Fsp3) is 0.579. The van der Waals surface area contributed by atoms with Crippen LogP contribution < -0.4 is 5.73 Å². The molecular formula is C19H25Cl2N3O2. The molecule has 0 radical (unpaired) electrons. The van der Waals surface area contributed by atoms with Crippen LogP contribution in [0.15, 0.2) is 18.2 Å². The number of rotatable bonds is 4. The quantitative estimate of drug-likeness (QED) is 0.848. The Morgan fingerprint density at radius 2 is 1.69 bits per heavy atom. The molecule has 2 aliphatic heterocycles. The molecule has 2 N–H and O–H groups in total. The fourth-order valence-corrected chi connectivity index (χ4v) is 4.47. The highest BCUT2D eigenvalue weighted by Crippen LogP contribution is 2.29. The summed E-state index contributed by atoms with van der Waals surface area (Å²) in [6, 6.07) is 5.53. The van der Waals surface area contributed by atoms with Crippen molar-refractivity contribution in [1.82, 2.24) is 9.80 Å². The maximum atomic E-state index is 12.9. The smallest absolute Gasteiger partial charge is 0.226 e. The van der Waals surface area contributed by atoms with Crippen molar-refractivity contribution < 1.29 is 9.59 Å². The molecule has 0 aromatic heterocycles. The van der Waals surface area contributed by atoms with Gasteiger partial charge in [-0.1, -0.05) is 29.3 Å². The van der Waals surface area contributed by atoms with Gasteiger partial charge in [0.2, 0.25) is 11.8 Å². The normalized spacial score (nSPS) is 22.4. The average Bonchev–Trinajstić information content (AvgIpc) is 2.64. The Kier molecular flexibility index (Phi) is 6.43. The number of hydrogen-bond acceptors (Lipinski definition) is 3. The largest absolute Gasteiger partial charge is 0.369 e. The maximum Gasteiger partial charge on any atom is 0.226 e. The summed E-state index contributed by atoms with van der Waals surface area (Å²) in [5.41, 5.74) is 6.30. The molecule has 1 unspecified atom stereocenters. The molecule has 5 nitrogen and oxygen atoms in total. The lowest BCUT2D eigenvalue weighted by molar-refractivity contribution is -0.140. The molecule has 1 aromatic carbocycles. The van der Waals surface area contributed by atoms with Crippen molar-refractivity contribution in [3.8, 4) is 0 Å². The van der Waals surface area contributed by atoms with E-state index in [9.17, 15) is 9.59 Å². The zero-order valence-electron chi connectivity index (χ0n) is 14.8. The van der Waals surface area contributed by atoms with Gasteiger partial charge in [0.25, 0.3) is 0 Å². The van der Waals surface area contributed by atoms with Gasteiger partial charge in [-0.05, 0) is 44.4 Å². The number of primary amides is 1. The van der Waals surface area contributed by atoms with Gasteiger partial charge in [0, 0.05) is 47.7 Å². The predicted octanol–water partition coefficient (Wildman–Crippen LogP) is 2.93. The summed E-state index contributed by atoms with van der Waals surface area (Å²) in [6.07, 6.45) is 3.23. The molecular weight excluding hydrogens is 373 g/mol. The van der Waals surface area contributed by atoms with Gasteiger partial charge in [-0.15, -0.1) is 0 Å². The zero-order chi connectivity index (χ0) is 18.7. The van der Waals surface area contributed by atoms with Gasteiger partial charge in [0.05, 0.1) is 5.92 Å². The van der Waals surface area contributed by atoms with Crippen molar-refractivity contribution in [1.29, 1.82) is 0 Å². The first-order chi connectivity index (χ1) is 12.5. The molecule has 1 atom stereocenters. The summed E-state index contributed by atoms with van der Waals surface area (Å²) in [5.74, 6) is -0.153. The van der Waals surface area contributed by atoms with E-state index in [0.29, 0.717) is 42.5 Å². The molecule has 2 fully saturated rings. The van der Waals surface area contributed by atoms with Crippen LogP contribution in [0.4, 0.5) is 0 Å². The summed E-state index contributed by atoms with van der Waals surface area (Å²) >= 11 is 12.6. The second-order valence-electron chi connectivity index (χ2n) is 7.28. The number of benzene rings is 1. The molecule has 1 aromatic rings. The second kappa shape index (κ2) is 8.59. The van der Waals surface area contributed by atoms with E-state index in [0.717, 1.165) is 31.5 Å². The summed E-state index contributed by atoms with van der Waals surface area (Å²) in [6.45, 7) is 3.57. The van der Waals surface area contributed by atoms with E-state index < -0.39 is 0 Å². The molecule has 0 saturated carbocycles. The van der Waals surface area contributed by atoms with Crippen LogP contribution in [0.1, 0.15) is 31.2 Å². The number of nitrogens with zero attached hydrogens (tertiary/aromatic N) is 2. The van der Waals surface area contributed by atoms with E-state index in [2.05, 4.69) is 4.90 Å². The second-order valence-corrected chi connectivity index (χ2v) is 8.09. The van der Waals surface area contributed by atoms with Crippen molar-refractivity contribution >= 4 is 35.0 Å². The van der Waals surface area contributed by atoms with Gasteiger partial charge in [0.15, 0.2) is 0 Å². The Morgan fingerprint density at radius 1 is 1.04 bits per heavy atom. The number of likely N-dealkylation sites (tertiary alicyclic amines) is 2. The van der Waals surface area contributed by atoms with Crippen LogP contribution in [0.3, 0.4) is 0 Å². The van der Waals surface area contributed by atoms with Crippen molar-refractivity contribution in [2.24, 2.45) is 17.6 Å². The molecule has 0 bridgehead atoms. The molecule has 2 amide bonds. The molecule has 2 saturated heterocycles. The number of carbonyl (C=O) groups excluding carboxylic acids is 2. The first-order valence-corrected chi connectivity index (χ1v) is 9.94. The third-order valence-corrected chi connectivity index (χ3v) is 6.22. The molecule has 142 valence electrons. The molecule has 0 aliphatic carbocycles. The zero-order valence-corrected chi connectivity index (χ0v) is 16.3. The van der Waals surface area contributed by atoms with E-state index in [1.54, 1.807) is 0 Å². The SMILES string of the molecule is NC(=O)C1CCN(C(=O)C2CCCN(Cc3c(Cl)cccc3Cl)C2)CC1. The van der Waals surface area contributed by atoms with Crippen molar-refractivity contribution in [3.63, 3.8) is 0 Å². The van der Waals surface area contributed by atoms with Crippen LogP contribution in [0.2, 0.25) is 10.0 Å². The van der Waals surface area contributed by atoms with E-state index in [1.165, 1.54) is 0 Å². The van der Waals surface area contributed by atoms with Crippen molar-refractivity contribution in [2.75, 3.05) is 26.2 Å². The third kappa shape index (κ3) is 4.51. The number of carbonyl (C=O) groups is 2. The minimum atomic E-state index is -0.252. The standard InChI is InChI=1S/C19H25Cl2N3O2/c20-16-4-1-5-17(21)15(16)12-23-8-2-3-14(11-23)19(26)24-9-6-13(7-10-24)18(22)25/h1,4-5,13-14H,2-3,6-12H2,(H2,22,25). The van der Waals surface area contributed by atoms with Crippen LogP contribution in [0.5, 0.6) is 0 Å². The highest BCUT2D eigenvalue weighted by atomic mass is 35.5.